The van der Waals surface area contributed by atoms with Gasteiger partial charge in [-0.2, -0.15) is 0 Å². The lowest BCUT2D eigenvalue weighted by Crippen LogP contribution is -2.48. The normalized spacial score (nSPS) is 24.0. The van der Waals surface area contributed by atoms with Crippen molar-refractivity contribution in [3.8, 4) is 0 Å². The molecular formula is C13H27NO2. The lowest BCUT2D eigenvalue weighted by molar-refractivity contribution is -0.0401. The summed E-state index contributed by atoms with van der Waals surface area (Å²) in [7, 11) is 1.98. The summed E-state index contributed by atoms with van der Waals surface area (Å²) in [5.74, 6) is 0.230. The molecule has 1 rings (SSSR count). The number of nitrogens with zero attached hydrogens (tertiary/aromatic N) is 1. The molecule has 0 amide bonds. The third-order valence-corrected chi connectivity index (χ3v) is 3.93. The van der Waals surface area contributed by atoms with E-state index in [1.54, 1.807) is 0 Å². The quantitative estimate of drug-likeness (QED) is 0.753. The molecule has 0 aromatic heterocycles. The molecule has 96 valence electrons. The van der Waals surface area contributed by atoms with Crippen LogP contribution < -0.4 is 0 Å². The molecule has 1 atom stereocenters. The molecule has 1 aliphatic rings. The minimum Gasteiger partial charge on any atom is -0.389 e. The predicted molar refractivity (Wildman–Crippen MR) is 66.4 cm³/mol. The van der Waals surface area contributed by atoms with E-state index in [4.69, 9.17) is 0 Å². The Labute approximate surface area is 99.5 Å². The van der Waals surface area contributed by atoms with Crippen LogP contribution in [0.4, 0.5) is 0 Å². The van der Waals surface area contributed by atoms with Gasteiger partial charge in [0.1, 0.15) is 0 Å². The molecule has 1 fully saturated rings. The number of hydrogen-bond donors (Lipinski definition) is 2. The van der Waals surface area contributed by atoms with E-state index in [0.29, 0.717) is 13.1 Å². The lowest BCUT2D eigenvalue weighted by Gasteiger charge is -2.35. The standard InChI is InChI=1S/C13H27NO2/c1-11(2)12(3,15)9-14(4)10-13(16)7-5-6-8-13/h11,15-16H,5-10H2,1-4H3. The minimum absolute atomic E-state index is 0.230. The highest BCUT2D eigenvalue weighted by molar-refractivity contribution is 4.89. The van der Waals surface area contributed by atoms with E-state index in [1.165, 1.54) is 0 Å². The smallest absolute Gasteiger partial charge is 0.0774 e. The van der Waals surface area contributed by atoms with Crippen LogP contribution in [0.1, 0.15) is 46.5 Å². The zero-order valence-electron chi connectivity index (χ0n) is 11.2. The van der Waals surface area contributed by atoms with E-state index in [-0.39, 0.29) is 5.92 Å². The van der Waals surface area contributed by atoms with Crippen LogP contribution in [-0.2, 0) is 0 Å². The summed E-state index contributed by atoms with van der Waals surface area (Å²) in [4.78, 5) is 2.06. The van der Waals surface area contributed by atoms with Crippen molar-refractivity contribution in [2.24, 2.45) is 5.92 Å². The van der Waals surface area contributed by atoms with Crippen LogP contribution in [0.5, 0.6) is 0 Å². The van der Waals surface area contributed by atoms with E-state index in [2.05, 4.69) is 4.90 Å². The Bertz CT molecular complexity index is 213. The van der Waals surface area contributed by atoms with Crippen LogP contribution in [0.3, 0.4) is 0 Å². The van der Waals surface area contributed by atoms with Gasteiger partial charge in [0.2, 0.25) is 0 Å². The van der Waals surface area contributed by atoms with Crippen molar-refractivity contribution in [1.29, 1.82) is 0 Å². The summed E-state index contributed by atoms with van der Waals surface area (Å²) in [5, 5.41) is 20.5. The van der Waals surface area contributed by atoms with Crippen LogP contribution in [-0.4, -0.2) is 46.5 Å². The maximum atomic E-state index is 10.3. The van der Waals surface area contributed by atoms with Crippen molar-refractivity contribution in [3.63, 3.8) is 0 Å². The van der Waals surface area contributed by atoms with E-state index in [0.717, 1.165) is 25.7 Å². The Kier molecular flexibility index (Phi) is 4.38. The molecule has 0 aromatic rings. The fourth-order valence-electron chi connectivity index (χ4n) is 2.48. The van der Waals surface area contributed by atoms with E-state index < -0.39 is 11.2 Å². The van der Waals surface area contributed by atoms with Gasteiger partial charge in [-0.3, -0.25) is 0 Å². The van der Waals surface area contributed by atoms with Crippen LogP contribution >= 0.6 is 0 Å². The van der Waals surface area contributed by atoms with Gasteiger partial charge < -0.3 is 15.1 Å². The van der Waals surface area contributed by atoms with Crippen LogP contribution in [0.25, 0.3) is 0 Å². The first-order chi connectivity index (χ1) is 7.25. The second-order valence-electron chi connectivity index (χ2n) is 6.12. The third-order valence-electron chi connectivity index (χ3n) is 3.93. The van der Waals surface area contributed by atoms with Crippen LogP contribution in [0.15, 0.2) is 0 Å². The number of likely N-dealkylation sites (N-methyl/N-ethyl adjacent to an activating group) is 1. The SMILES string of the molecule is CC(C)C(C)(O)CN(C)CC1(O)CCCC1. The Hall–Kier alpha value is -0.120. The molecule has 3 nitrogen and oxygen atoms in total. The third kappa shape index (κ3) is 3.72. The summed E-state index contributed by atoms with van der Waals surface area (Å²) < 4.78 is 0. The zero-order valence-corrected chi connectivity index (χ0v) is 11.2. The summed E-state index contributed by atoms with van der Waals surface area (Å²) >= 11 is 0. The fraction of sp³-hybridized carbons (Fsp3) is 1.00. The van der Waals surface area contributed by atoms with Gasteiger partial charge in [-0.15, -0.1) is 0 Å². The lowest BCUT2D eigenvalue weighted by atomic mass is 9.91. The molecule has 0 radical (unpaired) electrons. The molecule has 16 heavy (non-hydrogen) atoms. The van der Waals surface area contributed by atoms with Crippen molar-refractivity contribution in [2.45, 2.75) is 57.7 Å². The molecule has 0 heterocycles. The van der Waals surface area contributed by atoms with Crippen molar-refractivity contribution in [3.05, 3.63) is 0 Å². The summed E-state index contributed by atoms with van der Waals surface area (Å²) in [5.41, 5.74) is -1.19. The molecule has 2 N–H and O–H groups in total. The van der Waals surface area contributed by atoms with Gasteiger partial charge in [0.25, 0.3) is 0 Å². The Balaban J connectivity index is 2.44. The highest BCUT2D eigenvalue weighted by Gasteiger charge is 2.34. The molecular weight excluding hydrogens is 202 g/mol. The highest BCUT2D eigenvalue weighted by atomic mass is 16.3. The van der Waals surface area contributed by atoms with Gasteiger partial charge in [-0.05, 0) is 32.7 Å². The minimum atomic E-state index is -0.677. The Morgan fingerprint density at radius 3 is 2.25 bits per heavy atom. The zero-order chi connectivity index (χ0) is 12.4. The summed E-state index contributed by atoms with van der Waals surface area (Å²) in [6.45, 7) is 7.21. The maximum Gasteiger partial charge on any atom is 0.0774 e. The van der Waals surface area contributed by atoms with Crippen molar-refractivity contribution in [2.75, 3.05) is 20.1 Å². The highest BCUT2D eigenvalue weighted by Crippen LogP contribution is 2.30. The van der Waals surface area contributed by atoms with E-state index in [1.807, 2.05) is 27.8 Å². The molecule has 0 aromatic carbocycles. The molecule has 0 saturated heterocycles. The summed E-state index contributed by atoms with van der Waals surface area (Å²) in [6, 6.07) is 0. The number of aliphatic hydroxyl groups is 2. The first kappa shape index (κ1) is 13.9. The Morgan fingerprint density at radius 2 is 1.81 bits per heavy atom. The largest absolute Gasteiger partial charge is 0.389 e. The van der Waals surface area contributed by atoms with Gasteiger partial charge in [-0.1, -0.05) is 26.7 Å². The van der Waals surface area contributed by atoms with Gasteiger partial charge >= 0.3 is 0 Å². The predicted octanol–water partition coefficient (Wildman–Crippen LogP) is 1.63. The number of rotatable bonds is 5. The van der Waals surface area contributed by atoms with Gasteiger partial charge in [0.05, 0.1) is 11.2 Å². The van der Waals surface area contributed by atoms with E-state index >= 15 is 0 Å². The topological polar surface area (TPSA) is 43.7 Å². The average Bonchev–Trinajstić information content (AvgIpc) is 2.49. The van der Waals surface area contributed by atoms with Crippen molar-refractivity contribution in [1.82, 2.24) is 4.90 Å². The van der Waals surface area contributed by atoms with Gasteiger partial charge in [-0.25, -0.2) is 0 Å². The van der Waals surface area contributed by atoms with E-state index in [9.17, 15) is 10.2 Å². The second kappa shape index (κ2) is 5.03. The molecule has 1 unspecified atom stereocenters. The van der Waals surface area contributed by atoms with Gasteiger partial charge in [0, 0.05) is 13.1 Å². The molecule has 0 aliphatic heterocycles. The van der Waals surface area contributed by atoms with Gasteiger partial charge in [0.15, 0.2) is 0 Å². The number of hydrogen-bond acceptors (Lipinski definition) is 3. The molecule has 3 heteroatoms. The second-order valence-corrected chi connectivity index (χ2v) is 6.12. The fourth-order valence-corrected chi connectivity index (χ4v) is 2.48. The molecule has 1 aliphatic carbocycles. The molecule has 0 bridgehead atoms. The first-order valence-corrected chi connectivity index (χ1v) is 6.38. The first-order valence-electron chi connectivity index (χ1n) is 6.38. The molecule has 0 spiro atoms. The van der Waals surface area contributed by atoms with Crippen LogP contribution in [0.2, 0.25) is 0 Å². The van der Waals surface area contributed by atoms with Crippen molar-refractivity contribution < 1.29 is 10.2 Å². The van der Waals surface area contributed by atoms with Crippen LogP contribution in [0, 0.1) is 5.92 Å². The Morgan fingerprint density at radius 1 is 1.31 bits per heavy atom. The summed E-state index contributed by atoms with van der Waals surface area (Å²) in [6.07, 6.45) is 4.07. The average molecular weight is 229 g/mol. The molecule has 1 saturated carbocycles. The monoisotopic (exact) mass is 229 g/mol. The maximum absolute atomic E-state index is 10.3. The van der Waals surface area contributed by atoms with Crippen molar-refractivity contribution >= 4 is 0 Å².